The molecule has 0 spiro atoms. The second-order valence-electron chi connectivity index (χ2n) is 6.39. The molecule has 1 aliphatic rings. The number of nitrogens with one attached hydrogen (secondary N) is 2. The summed E-state index contributed by atoms with van der Waals surface area (Å²) in [5.74, 6) is 1.88. The van der Waals surface area contributed by atoms with Crippen LogP contribution in [-0.4, -0.2) is 40.1 Å². The van der Waals surface area contributed by atoms with Crippen molar-refractivity contribution < 1.29 is 0 Å². The van der Waals surface area contributed by atoms with E-state index < -0.39 is 0 Å². The van der Waals surface area contributed by atoms with Gasteiger partial charge in [0.2, 0.25) is 0 Å². The number of benzene rings is 1. The minimum Gasteiger partial charge on any atom is -0.354 e. The van der Waals surface area contributed by atoms with Crippen molar-refractivity contribution in [2.75, 3.05) is 13.3 Å². The van der Waals surface area contributed by atoms with E-state index in [1.165, 1.54) is 24.8 Å². The van der Waals surface area contributed by atoms with Crippen molar-refractivity contribution in [2.24, 2.45) is 4.99 Å². The third kappa shape index (κ3) is 5.90. The number of halogens is 1. The topological polar surface area (TPSA) is 54.2 Å². The van der Waals surface area contributed by atoms with Crippen LogP contribution in [0.4, 0.5) is 0 Å². The Morgan fingerprint density at radius 2 is 2.12 bits per heavy atom. The monoisotopic (exact) mass is 485 g/mol. The number of guanidine groups is 1. The molecule has 1 aromatic carbocycles. The summed E-state index contributed by atoms with van der Waals surface area (Å²) in [5.41, 5.74) is 1.28. The third-order valence-corrected chi connectivity index (χ3v) is 5.79. The van der Waals surface area contributed by atoms with Gasteiger partial charge in [-0.3, -0.25) is 4.99 Å². The summed E-state index contributed by atoms with van der Waals surface area (Å²) in [5, 5.41) is 7.73. The van der Waals surface area contributed by atoms with Crippen molar-refractivity contribution in [3.8, 4) is 0 Å². The van der Waals surface area contributed by atoms with Crippen LogP contribution in [0.1, 0.15) is 30.7 Å². The molecule has 7 heteroatoms. The molecule has 142 valence electrons. The Kier molecular flexibility index (Phi) is 8.77. The molecule has 2 N–H and O–H groups in total. The molecular weight excluding hydrogens is 457 g/mol. The Morgan fingerprint density at radius 3 is 2.81 bits per heavy atom. The van der Waals surface area contributed by atoms with E-state index in [0.29, 0.717) is 12.6 Å². The predicted molar refractivity (Wildman–Crippen MR) is 121 cm³/mol. The van der Waals surface area contributed by atoms with Crippen molar-refractivity contribution in [3.05, 3.63) is 54.1 Å². The van der Waals surface area contributed by atoms with Crippen molar-refractivity contribution in [1.29, 1.82) is 0 Å². The second kappa shape index (κ2) is 10.8. The van der Waals surface area contributed by atoms with Crippen LogP contribution in [0.15, 0.2) is 47.7 Å². The number of hydrogen-bond acceptors (Lipinski definition) is 3. The maximum atomic E-state index is 4.49. The number of hydrogen-bond donors (Lipinski definition) is 2. The van der Waals surface area contributed by atoms with Gasteiger partial charge in [-0.1, -0.05) is 30.3 Å². The highest BCUT2D eigenvalue weighted by atomic mass is 127. The number of thioether (sulfide) groups is 1. The number of aliphatic imine (C=N–C) groups is 1. The van der Waals surface area contributed by atoms with Gasteiger partial charge in [0.25, 0.3) is 0 Å². The number of imidazole rings is 1. The molecule has 5 nitrogen and oxygen atoms in total. The standard InChI is InChI=1S/C19H27N5S.HI/c1-20-19(23-16-8-9-17(12-16)25-2)22-13-18-21-10-11-24(18)14-15-6-4-3-5-7-15;/h3-7,10-11,16-17H,8-9,12-14H2,1-2H3,(H2,20,22,23);1H. The molecule has 3 rings (SSSR count). The number of nitrogens with zero attached hydrogens (tertiary/aromatic N) is 3. The van der Waals surface area contributed by atoms with E-state index in [9.17, 15) is 0 Å². The molecule has 1 aromatic heterocycles. The summed E-state index contributed by atoms with van der Waals surface area (Å²) < 4.78 is 2.18. The molecule has 0 bridgehead atoms. The lowest BCUT2D eigenvalue weighted by molar-refractivity contribution is 0.608. The van der Waals surface area contributed by atoms with Crippen LogP contribution >= 0.6 is 35.7 Å². The first-order chi connectivity index (χ1) is 12.3. The lowest BCUT2D eigenvalue weighted by atomic mass is 10.2. The molecule has 0 amide bonds. The van der Waals surface area contributed by atoms with Gasteiger partial charge in [-0.15, -0.1) is 24.0 Å². The highest BCUT2D eigenvalue weighted by molar-refractivity contribution is 14.0. The van der Waals surface area contributed by atoms with Gasteiger partial charge in [0.15, 0.2) is 5.96 Å². The van der Waals surface area contributed by atoms with E-state index in [-0.39, 0.29) is 24.0 Å². The van der Waals surface area contributed by atoms with Gasteiger partial charge in [0.1, 0.15) is 5.82 Å². The van der Waals surface area contributed by atoms with E-state index >= 15 is 0 Å². The Labute approximate surface area is 177 Å². The smallest absolute Gasteiger partial charge is 0.191 e. The molecule has 0 aliphatic heterocycles. The number of rotatable bonds is 6. The Bertz CT molecular complexity index is 688. The van der Waals surface area contributed by atoms with Crippen LogP contribution in [0.25, 0.3) is 0 Å². The van der Waals surface area contributed by atoms with Crippen LogP contribution in [0.2, 0.25) is 0 Å². The fourth-order valence-corrected chi connectivity index (χ4v) is 4.06. The zero-order valence-corrected chi connectivity index (χ0v) is 18.5. The van der Waals surface area contributed by atoms with Crippen LogP contribution in [0.3, 0.4) is 0 Å². The van der Waals surface area contributed by atoms with Crippen molar-refractivity contribution in [1.82, 2.24) is 20.2 Å². The normalized spacial score (nSPS) is 19.8. The molecule has 1 saturated carbocycles. The van der Waals surface area contributed by atoms with E-state index in [4.69, 9.17) is 0 Å². The zero-order chi connectivity index (χ0) is 17.5. The summed E-state index contributed by atoms with van der Waals surface area (Å²) in [4.78, 5) is 8.86. The highest BCUT2D eigenvalue weighted by Gasteiger charge is 2.24. The van der Waals surface area contributed by atoms with E-state index in [1.54, 1.807) is 0 Å². The molecule has 26 heavy (non-hydrogen) atoms. The Balaban J connectivity index is 0.00000243. The molecular formula is C19H28IN5S. The van der Waals surface area contributed by atoms with Crippen molar-refractivity contribution in [3.63, 3.8) is 0 Å². The summed E-state index contributed by atoms with van der Waals surface area (Å²) in [6.45, 7) is 1.50. The average Bonchev–Trinajstić information content (AvgIpc) is 3.28. The maximum absolute atomic E-state index is 4.49. The van der Waals surface area contributed by atoms with Crippen LogP contribution in [0.5, 0.6) is 0 Å². The lowest BCUT2D eigenvalue weighted by Gasteiger charge is -2.17. The lowest BCUT2D eigenvalue weighted by Crippen LogP contribution is -2.42. The predicted octanol–water partition coefficient (Wildman–Crippen LogP) is 3.50. The molecule has 0 saturated heterocycles. The summed E-state index contributed by atoms with van der Waals surface area (Å²) in [6.07, 6.45) is 9.81. The van der Waals surface area contributed by atoms with Gasteiger partial charge >= 0.3 is 0 Å². The molecule has 2 atom stereocenters. The first-order valence-corrected chi connectivity index (χ1v) is 10.1. The average molecular weight is 485 g/mol. The van der Waals surface area contributed by atoms with E-state index in [1.807, 2.05) is 37.3 Å². The van der Waals surface area contributed by atoms with Crippen LogP contribution in [0, 0.1) is 0 Å². The van der Waals surface area contributed by atoms with Crippen molar-refractivity contribution in [2.45, 2.75) is 43.6 Å². The summed E-state index contributed by atoms with van der Waals surface area (Å²) in [6, 6.07) is 11.0. The first-order valence-electron chi connectivity index (χ1n) is 8.82. The van der Waals surface area contributed by atoms with Gasteiger partial charge in [-0.2, -0.15) is 11.8 Å². The molecule has 2 unspecified atom stereocenters. The molecule has 1 fully saturated rings. The Hall–Kier alpha value is -1.22. The zero-order valence-electron chi connectivity index (χ0n) is 15.4. The van der Waals surface area contributed by atoms with E-state index in [0.717, 1.165) is 23.6 Å². The van der Waals surface area contributed by atoms with E-state index in [2.05, 4.69) is 55.7 Å². The molecule has 1 heterocycles. The SMILES string of the molecule is CN=C(NCc1nccn1Cc1ccccc1)NC1CCC(SC)C1.I. The molecule has 0 radical (unpaired) electrons. The second-order valence-corrected chi connectivity index (χ2v) is 7.53. The van der Waals surface area contributed by atoms with Gasteiger partial charge in [-0.25, -0.2) is 4.98 Å². The third-order valence-electron chi connectivity index (χ3n) is 4.69. The van der Waals surface area contributed by atoms with Gasteiger partial charge in [0, 0.05) is 37.3 Å². The van der Waals surface area contributed by atoms with Gasteiger partial charge in [0.05, 0.1) is 6.54 Å². The largest absolute Gasteiger partial charge is 0.354 e. The quantitative estimate of drug-likeness (QED) is 0.374. The minimum absolute atomic E-state index is 0. The fraction of sp³-hybridized carbons (Fsp3) is 0.474. The summed E-state index contributed by atoms with van der Waals surface area (Å²) >= 11 is 1.97. The van der Waals surface area contributed by atoms with Crippen molar-refractivity contribution >= 4 is 41.7 Å². The maximum Gasteiger partial charge on any atom is 0.191 e. The highest BCUT2D eigenvalue weighted by Crippen LogP contribution is 2.27. The van der Waals surface area contributed by atoms with Gasteiger partial charge in [-0.05, 0) is 31.1 Å². The number of aromatic nitrogens is 2. The molecule has 1 aliphatic carbocycles. The molecule has 2 aromatic rings. The first kappa shape index (κ1) is 21.1. The fourth-order valence-electron chi connectivity index (χ4n) is 3.27. The van der Waals surface area contributed by atoms with Gasteiger partial charge < -0.3 is 15.2 Å². The summed E-state index contributed by atoms with van der Waals surface area (Å²) in [7, 11) is 1.83. The van der Waals surface area contributed by atoms with Crippen LogP contribution < -0.4 is 10.6 Å². The Morgan fingerprint density at radius 1 is 1.31 bits per heavy atom. The van der Waals surface area contributed by atoms with Crippen LogP contribution in [-0.2, 0) is 13.1 Å². The minimum atomic E-state index is 0.